The molecule has 0 aliphatic carbocycles. The van der Waals surface area contributed by atoms with Crippen molar-refractivity contribution < 1.29 is 23.9 Å². The van der Waals surface area contributed by atoms with Crippen molar-refractivity contribution >= 4 is 40.9 Å². The number of ketones is 1. The lowest BCUT2D eigenvalue weighted by atomic mass is 9.95. The van der Waals surface area contributed by atoms with Gasteiger partial charge in [0.2, 0.25) is 5.91 Å². The molecule has 0 aromatic heterocycles. The van der Waals surface area contributed by atoms with E-state index in [1.807, 2.05) is 6.07 Å². The van der Waals surface area contributed by atoms with Gasteiger partial charge in [-0.05, 0) is 42.0 Å². The van der Waals surface area contributed by atoms with E-state index < -0.39 is 35.7 Å². The number of halogens is 1. The van der Waals surface area contributed by atoms with Gasteiger partial charge in [-0.2, -0.15) is 0 Å². The van der Waals surface area contributed by atoms with Gasteiger partial charge in [-0.25, -0.2) is 0 Å². The third-order valence-electron chi connectivity index (χ3n) is 5.51. The predicted octanol–water partition coefficient (Wildman–Crippen LogP) is 5.61. The number of hydrogen-bond acceptors (Lipinski definition) is 5. The smallest absolute Gasteiger partial charge is 0.308 e. The number of ether oxygens (including phenoxy) is 1. The Morgan fingerprint density at radius 3 is 2.11 bits per heavy atom. The number of benzene rings is 3. The van der Waals surface area contributed by atoms with Crippen LogP contribution in [0.5, 0.6) is 0 Å². The van der Waals surface area contributed by atoms with Gasteiger partial charge in [-0.3, -0.25) is 19.2 Å². The second-order valence-electron chi connectivity index (χ2n) is 9.49. The molecule has 37 heavy (non-hydrogen) atoms. The molecule has 8 heteroatoms. The van der Waals surface area contributed by atoms with Gasteiger partial charge in [-0.1, -0.05) is 74.8 Å². The maximum atomic E-state index is 12.8. The Hall–Kier alpha value is -3.97. The molecule has 2 N–H and O–H groups in total. The summed E-state index contributed by atoms with van der Waals surface area (Å²) in [6.45, 7) is 4.96. The summed E-state index contributed by atoms with van der Waals surface area (Å²) in [5.41, 5.74) is 1.35. The minimum Gasteiger partial charge on any atom is -0.457 e. The van der Waals surface area contributed by atoms with Gasteiger partial charge in [0.25, 0.3) is 5.91 Å². The highest BCUT2D eigenvalue weighted by molar-refractivity contribution is 6.33. The van der Waals surface area contributed by atoms with Crippen molar-refractivity contribution in [1.29, 1.82) is 0 Å². The molecule has 0 saturated carbocycles. The Morgan fingerprint density at radius 2 is 1.49 bits per heavy atom. The molecule has 3 aromatic carbocycles. The minimum atomic E-state index is -0.682. The molecule has 1 atom stereocenters. The minimum absolute atomic E-state index is 0.143. The number of rotatable bonds is 9. The van der Waals surface area contributed by atoms with E-state index in [-0.39, 0.29) is 17.9 Å². The maximum Gasteiger partial charge on any atom is 0.308 e. The highest BCUT2D eigenvalue weighted by Gasteiger charge is 2.23. The molecule has 7 nitrogen and oxygen atoms in total. The normalized spacial score (nSPS) is 11.8. The van der Waals surface area contributed by atoms with Gasteiger partial charge < -0.3 is 15.4 Å². The first-order chi connectivity index (χ1) is 17.5. The summed E-state index contributed by atoms with van der Waals surface area (Å²) in [5, 5.41) is 5.91. The number of amides is 2. The fourth-order valence-corrected chi connectivity index (χ4v) is 3.55. The monoisotopic (exact) mass is 520 g/mol. The van der Waals surface area contributed by atoms with Gasteiger partial charge in [-0.15, -0.1) is 0 Å². The number of esters is 1. The molecule has 2 amide bonds. The zero-order valence-corrected chi connectivity index (χ0v) is 21.7. The summed E-state index contributed by atoms with van der Waals surface area (Å²) in [7, 11) is 0. The van der Waals surface area contributed by atoms with Crippen LogP contribution in [-0.2, 0) is 14.3 Å². The van der Waals surface area contributed by atoms with Gasteiger partial charge in [0.1, 0.15) is 0 Å². The number of anilines is 1. The van der Waals surface area contributed by atoms with Crippen molar-refractivity contribution in [2.75, 3.05) is 11.9 Å². The maximum absolute atomic E-state index is 12.8. The first kappa shape index (κ1) is 27.6. The average molecular weight is 521 g/mol. The first-order valence-corrected chi connectivity index (χ1v) is 12.1. The standard InChI is InChI=1S/C29H29ClN2O5/c1-29(2,3)28(36)31-21-15-13-20(14-16-21)25(33)18-37-26(34)17-24(19-9-5-4-6-10-19)32-27(35)22-11-7-8-12-23(22)30/h4-16,24H,17-18H2,1-3H3,(H,31,36)(H,32,35). The molecule has 0 radical (unpaired) electrons. The van der Waals surface area contributed by atoms with Gasteiger partial charge in [0.05, 0.1) is 23.0 Å². The topological polar surface area (TPSA) is 102 Å². The van der Waals surface area contributed by atoms with Crippen LogP contribution in [0.1, 0.15) is 59.5 Å². The number of nitrogens with one attached hydrogen (secondary N) is 2. The molecule has 3 aromatic rings. The molecule has 192 valence electrons. The van der Waals surface area contributed by atoms with Crippen molar-refractivity contribution in [3.63, 3.8) is 0 Å². The van der Waals surface area contributed by atoms with Crippen LogP contribution in [-0.4, -0.2) is 30.2 Å². The van der Waals surface area contributed by atoms with E-state index >= 15 is 0 Å². The molecule has 0 spiro atoms. The first-order valence-electron chi connectivity index (χ1n) is 11.8. The van der Waals surface area contributed by atoms with Crippen molar-refractivity contribution in [1.82, 2.24) is 5.32 Å². The van der Waals surface area contributed by atoms with Crippen LogP contribution >= 0.6 is 11.6 Å². The number of hydrogen-bond donors (Lipinski definition) is 2. The molecule has 0 aliphatic rings. The van der Waals surface area contributed by atoms with E-state index in [0.29, 0.717) is 21.8 Å². The zero-order valence-electron chi connectivity index (χ0n) is 20.9. The van der Waals surface area contributed by atoms with Crippen molar-refractivity contribution in [2.45, 2.75) is 33.2 Å². The van der Waals surface area contributed by atoms with E-state index in [4.69, 9.17) is 16.3 Å². The van der Waals surface area contributed by atoms with E-state index in [9.17, 15) is 19.2 Å². The summed E-state index contributed by atoms with van der Waals surface area (Å²) in [5.74, 6) is -1.61. The SMILES string of the molecule is CC(C)(C)C(=O)Nc1ccc(C(=O)COC(=O)CC(NC(=O)c2ccccc2Cl)c2ccccc2)cc1. The third kappa shape index (κ3) is 8.02. The second kappa shape index (κ2) is 12.3. The lowest BCUT2D eigenvalue weighted by Crippen LogP contribution is -2.31. The molecule has 1 unspecified atom stereocenters. The van der Waals surface area contributed by atoms with Crippen LogP contribution < -0.4 is 10.6 Å². The molecular formula is C29H29ClN2O5. The molecule has 0 aliphatic heterocycles. The van der Waals surface area contributed by atoms with E-state index in [1.165, 1.54) is 0 Å². The molecule has 0 fully saturated rings. The molecule has 0 bridgehead atoms. The van der Waals surface area contributed by atoms with E-state index in [2.05, 4.69) is 10.6 Å². The molecule has 0 heterocycles. The fraction of sp³-hybridized carbons (Fsp3) is 0.241. The number of Topliss-reactive ketones (excluding diaryl/α,β-unsaturated/α-hetero) is 1. The lowest BCUT2D eigenvalue weighted by molar-refractivity contribution is -0.143. The van der Waals surface area contributed by atoms with Crippen molar-refractivity contribution in [2.24, 2.45) is 5.41 Å². The van der Waals surface area contributed by atoms with Gasteiger partial charge >= 0.3 is 5.97 Å². The molecular weight excluding hydrogens is 492 g/mol. The van der Waals surface area contributed by atoms with Gasteiger partial charge in [0, 0.05) is 16.7 Å². The highest BCUT2D eigenvalue weighted by Crippen LogP contribution is 2.21. The number of carbonyl (C=O) groups excluding carboxylic acids is 4. The van der Waals surface area contributed by atoms with Crippen molar-refractivity contribution in [3.05, 3.63) is 101 Å². The summed E-state index contributed by atoms with van der Waals surface area (Å²) < 4.78 is 5.23. The predicted molar refractivity (Wildman–Crippen MR) is 143 cm³/mol. The Morgan fingerprint density at radius 1 is 0.865 bits per heavy atom. The van der Waals surface area contributed by atoms with Crippen molar-refractivity contribution in [3.8, 4) is 0 Å². The Kier molecular flexibility index (Phi) is 9.20. The Labute approximate surface area is 221 Å². The summed E-state index contributed by atoms with van der Waals surface area (Å²) in [6.07, 6.45) is -0.175. The fourth-order valence-electron chi connectivity index (χ4n) is 3.33. The van der Waals surface area contributed by atoms with E-state index in [0.717, 1.165) is 0 Å². The number of carbonyl (C=O) groups is 4. The average Bonchev–Trinajstić information content (AvgIpc) is 2.87. The van der Waals surface area contributed by atoms with Crippen LogP contribution in [0.4, 0.5) is 5.69 Å². The van der Waals surface area contributed by atoms with Gasteiger partial charge in [0.15, 0.2) is 12.4 Å². The third-order valence-corrected chi connectivity index (χ3v) is 5.84. The van der Waals surface area contributed by atoms with Crippen LogP contribution in [0.2, 0.25) is 5.02 Å². The Balaban J connectivity index is 1.60. The summed E-state index contributed by atoms with van der Waals surface area (Å²) in [4.78, 5) is 50.1. The molecule has 0 saturated heterocycles. The highest BCUT2D eigenvalue weighted by atomic mass is 35.5. The quantitative estimate of drug-likeness (QED) is 0.282. The van der Waals surface area contributed by atoms with E-state index in [1.54, 1.807) is 93.6 Å². The summed E-state index contributed by atoms with van der Waals surface area (Å²) >= 11 is 6.14. The second-order valence-corrected chi connectivity index (χ2v) is 9.89. The zero-order chi connectivity index (χ0) is 27.0. The van der Waals surface area contributed by atoms with Crippen LogP contribution in [0.3, 0.4) is 0 Å². The van der Waals surface area contributed by atoms with Crippen LogP contribution in [0.25, 0.3) is 0 Å². The lowest BCUT2D eigenvalue weighted by Gasteiger charge is -2.19. The summed E-state index contributed by atoms with van der Waals surface area (Å²) in [6, 6.07) is 21.3. The van der Waals surface area contributed by atoms with Crippen LogP contribution in [0, 0.1) is 5.41 Å². The Bertz CT molecular complexity index is 1270. The molecule has 3 rings (SSSR count). The van der Waals surface area contributed by atoms with Crippen LogP contribution in [0.15, 0.2) is 78.9 Å². The largest absolute Gasteiger partial charge is 0.457 e.